The summed E-state index contributed by atoms with van der Waals surface area (Å²) in [5.41, 5.74) is 2.78. The van der Waals surface area contributed by atoms with Crippen molar-refractivity contribution in [3.63, 3.8) is 0 Å². The van der Waals surface area contributed by atoms with Gasteiger partial charge in [0.2, 0.25) is 0 Å². The van der Waals surface area contributed by atoms with Gasteiger partial charge >= 0.3 is 5.97 Å². The molecule has 4 aliphatic rings. The van der Waals surface area contributed by atoms with Crippen molar-refractivity contribution in [2.75, 3.05) is 33.0 Å². The summed E-state index contributed by atoms with van der Waals surface area (Å²) >= 11 is 0. The monoisotopic (exact) mass is 487 g/mol. The fourth-order valence-electron chi connectivity index (χ4n) is 5.43. The minimum absolute atomic E-state index is 0.172. The van der Waals surface area contributed by atoms with E-state index >= 15 is 0 Å². The molecule has 4 heterocycles. The van der Waals surface area contributed by atoms with Gasteiger partial charge in [-0.05, 0) is 41.0 Å². The summed E-state index contributed by atoms with van der Waals surface area (Å²) in [5.74, 6) is 2.43. The second kappa shape index (κ2) is 8.72. The summed E-state index contributed by atoms with van der Waals surface area (Å²) in [5, 5.41) is 0. The van der Waals surface area contributed by atoms with Crippen LogP contribution < -0.4 is 18.9 Å². The average molecular weight is 488 g/mol. The van der Waals surface area contributed by atoms with Gasteiger partial charge in [-0.25, -0.2) is 4.90 Å². The topological polar surface area (TPSA) is 75.7 Å². The van der Waals surface area contributed by atoms with Crippen LogP contribution in [0.2, 0.25) is 0 Å². The molecule has 2 saturated heterocycles. The Morgan fingerprint density at radius 3 is 1.94 bits per heavy atom. The molecule has 0 N–H and O–H groups in total. The van der Waals surface area contributed by atoms with Gasteiger partial charge in [0.25, 0.3) is 0 Å². The van der Waals surface area contributed by atoms with Crippen molar-refractivity contribution in [3.8, 4) is 23.0 Å². The number of fused-ring (bicyclic) bond motifs is 3. The maximum atomic E-state index is 13.3. The molecule has 3 aromatic rings. The number of carbonyl (C=O) groups is 1. The fraction of sp³-hybridized carbons (Fsp3) is 0.321. The first-order valence-electron chi connectivity index (χ1n) is 12.2. The maximum Gasteiger partial charge on any atom is 0.326 e. The molecule has 2 fully saturated rings. The molecule has 0 spiro atoms. The van der Waals surface area contributed by atoms with Gasteiger partial charge in [-0.1, -0.05) is 42.5 Å². The number of hydrogen-bond donors (Lipinski definition) is 0. The number of rotatable bonds is 3. The van der Waals surface area contributed by atoms with Gasteiger partial charge < -0.3 is 28.4 Å². The quantitative estimate of drug-likeness (QED) is 0.514. The molecule has 0 aromatic heterocycles. The highest BCUT2D eigenvalue weighted by atomic mass is 16.6. The lowest BCUT2D eigenvalue weighted by molar-refractivity contribution is -0.163. The zero-order valence-electron chi connectivity index (χ0n) is 19.5. The van der Waals surface area contributed by atoms with E-state index in [1.165, 1.54) is 0 Å². The minimum Gasteiger partial charge on any atom is -0.486 e. The molecule has 1 unspecified atom stereocenters. The summed E-state index contributed by atoms with van der Waals surface area (Å²) in [6.07, 6.45) is -1.06. The first-order valence-corrected chi connectivity index (χ1v) is 12.2. The van der Waals surface area contributed by atoms with Crippen molar-refractivity contribution < 1.29 is 33.2 Å². The third-order valence-electron chi connectivity index (χ3n) is 7.07. The van der Waals surface area contributed by atoms with Gasteiger partial charge in [-0.15, -0.1) is 0 Å². The van der Waals surface area contributed by atoms with E-state index in [4.69, 9.17) is 28.4 Å². The lowest BCUT2D eigenvalue weighted by atomic mass is 9.96. The molecular formula is C28H25NO7. The fourth-order valence-corrected chi connectivity index (χ4v) is 5.43. The first kappa shape index (κ1) is 21.5. The second-order valence-electron chi connectivity index (χ2n) is 9.16. The molecule has 4 atom stereocenters. The number of morpholine rings is 1. The van der Waals surface area contributed by atoms with Crippen LogP contribution in [0.5, 0.6) is 23.0 Å². The van der Waals surface area contributed by atoms with Gasteiger partial charge in [0.05, 0.1) is 6.04 Å². The van der Waals surface area contributed by atoms with Gasteiger partial charge in [-0.3, -0.25) is 4.79 Å². The summed E-state index contributed by atoms with van der Waals surface area (Å²) in [4.78, 5) is 15.4. The second-order valence-corrected chi connectivity index (χ2v) is 9.16. The Labute approximate surface area is 208 Å². The highest BCUT2D eigenvalue weighted by Gasteiger charge is 2.54. The van der Waals surface area contributed by atoms with Crippen LogP contribution in [0.15, 0.2) is 66.7 Å². The van der Waals surface area contributed by atoms with Crippen LogP contribution in [0.25, 0.3) is 0 Å². The molecule has 0 amide bonds. The lowest BCUT2D eigenvalue weighted by Gasteiger charge is -2.39. The number of benzene rings is 3. The summed E-state index contributed by atoms with van der Waals surface area (Å²) in [7, 11) is 0. The van der Waals surface area contributed by atoms with Crippen molar-refractivity contribution in [2.24, 2.45) is 0 Å². The van der Waals surface area contributed by atoms with Crippen LogP contribution in [0.1, 0.15) is 35.1 Å². The van der Waals surface area contributed by atoms with Gasteiger partial charge in [0, 0.05) is 0 Å². The highest BCUT2D eigenvalue weighted by molar-refractivity contribution is 5.78. The van der Waals surface area contributed by atoms with E-state index in [1.807, 2.05) is 54.6 Å². The van der Waals surface area contributed by atoms with E-state index in [2.05, 4.69) is 17.0 Å². The number of nitrogens with zero attached hydrogens (tertiary/aromatic N) is 1. The molecule has 0 bridgehead atoms. The lowest BCUT2D eigenvalue weighted by Crippen LogP contribution is -2.49. The third-order valence-corrected chi connectivity index (χ3v) is 7.07. The molecular weight excluding hydrogens is 462 g/mol. The molecule has 8 nitrogen and oxygen atoms in total. The molecule has 7 rings (SSSR count). The molecule has 0 aliphatic carbocycles. The van der Waals surface area contributed by atoms with Gasteiger partial charge in [-0.2, -0.15) is 0 Å². The zero-order chi connectivity index (χ0) is 24.1. The van der Waals surface area contributed by atoms with Crippen LogP contribution in [-0.2, 0) is 14.3 Å². The van der Waals surface area contributed by atoms with E-state index in [0.717, 1.165) is 16.7 Å². The molecule has 0 saturated carbocycles. The number of hydrogen-bond acceptors (Lipinski definition) is 8. The molecule has 184 valence electrons. The zero-order valence-corrected chi connectivity index (χ0v) is 19.5. The minimum atomic E-state index is -0.635. The Kier molecular flexibility index (Phi) is 5.22. The maximum absolute atomic E-state index is 13.3. The predicted molar refractivity (Wildman–Crippen MR) is 127 cm³/mol. The predicted octanol–water partition coefficient (Wildman–Crippen LogP) is 3.97. The van der Waals surface area contributed by atoms with Crippen LogP contribution in [-0.4, -0.2) is 49.9 Å². The standard InChI is InChI=1S/C28H25NO7/c30-28-25-26(18-6-8-21-23(14-18)33-12-10-31-21)36-27(19-7-9-22-24(15-19)34-13-11-32-22)29(25)20(16-35-28)17-4-2-1-3-5-17/h1-9,14-15,20,25-27H,10-13,16H2/t20?,25-,26+,27-/m0/s1. The van der Waals surface area contributed by atoms with E-state index in [0.29, 0.717) is 49.4 Å². The Bertz CT molecular complexity index is 1300. The van der Waals surface area contributed by atoms with Crippen LogP contribution in [0, 0.1) is 0 Å². The normalized spacial score (nSPS) is 26.7. The number of esters is 1. The Balaban J connectivity index is 1.32. The smallest absolute Gasteiger partial charge is 0.326 e. The number of cyclic esters (lactones) is 1. The number of carbonyl (C=O) groups excluding carboxylic acids is 1. The highest BCUT2D eigenvalue weighted by Crippen LogP contribution is 2.51. The molecule has 3 aromatic carbocycles. The molecule has 36 heavy (non-hydrogen) atoms. The van der Waals surface area contributed by atoms with Crippen molar-refractivity contribution in [1.29, 1.82) is 0 Å². The van der Waals surface area contributed by atoms with Crippen molar-refractivity contribution in [1.82, 2.24) is 4.90 Å². The Morgan fingerprint density at radius 1 is 0.639 bits per heavy atom. The van der Waals surface area contributed by atoms with Crippen molar-refractivity contribution >= 4 is 5.97 Å². The molecule has 0 radical (unpaired) electrons. The van der Waals surface area contributed by atoms with Crippen molar-refractivity contribution in [3.05, 3.63) is 83.4 Å². The van der Waals surface area contributed by atoms with E-state index in [1.54, 1.807) is 0 Å². The van der Waals surface area contributed by atoms with Crippen LogP contribution >= 0.6 is 0 Å². The van der Waals surface area contributed by atoms with Crippen LogP contribution in [0.4, 0.5) is 0 Å². The van der Waals surface area contributed by atoms with Gasteiger partial charge in [0.1, 0.15) is 51.4 Å². The Hall–Kier alpha value is -3.75. The van der Waals surface area contributed by atoms with E-state index < -0.39 is 18.4 Å². The number of ether oxygens (including phenoxy) is 6. The van der Waals surface area contributed by atoms with Crippen molar-refractivity contribution in [2.45, 2.75) is 24.4 Å². The molecule has 8 heteroatoms. The molecule has 4 aliphatic heterocycles. The SMILES string of the molecule is O=C1OCC(c2ccccc2)N2[C@H]1[C@@H](c1ccc3c(c1)OCCO3)O[C@H]2c1ccc2c(c1)OCCO2. The van der Waals surface area contributed by atoms with E-state index in [-0.39, 0.29) is 18.6 Å². The van der Waals surface area contributed by atoms with E-state index in [9.17, 15) is 4.79 Å². The largest absolute Gasteiger partial charge is 0.486 e. The summed E-state index contributed by atoms with van der Waals surface area (Å²) in [6.45, 7) is 2.26. The van der Waals surface area contributed by atoms with Gasteiger partial charge in [0.15, 0.2) is 23.0 Å². The summed E-state index contributed by atoms with van der Waals surface area (Å²) in [6, 6.07) is 20.8. The average Bonchev–Trinajstić information content (AvgIpc) is 3.35. The third kappa shape index (κ3) is 3.56. The first-order chi connectivity index (χ1) is 17.8. The Morgan fingerprint density at radius 2 is 1.25 bits per heavy atom. The summed E-state index contributed by atoms with van der Waals surface area (Å²) < 4.78 is 35.5. The van der Waals surface area contributed by atoms with Crippen LogP contribution in [0.3, 0.4) is 0 Å².